The number of hydrogen-bond acceptors (Lipinski definition) is 5. The predicted octanol–water partition coefficient (Wildman–Crippen LogP) is 1.83. The summed E-state index contributed by atoms with van der Waals surface area (Å²) in [6, 6.07) is 3.66. The van der Waals surface area contributed by atoms with Gasteiger partial charge in [0.05, 0.1) is 12.8 Å². The predicted molar refractivity (Wildman–Crippen MR) is 72.6 cm³/mol. The SMILES string of the molecule is CCc1ocnc1C(=O)NCCCOc1cccnc1. The Balaban J connectivity index is 1.67. The summed E-state index contributed by atoms with van der Waals surface area (Å²) in [5.74, 6) is 1.12. The van der Waals surface area contributed by atoms with Crippen LogP contribution in [0.15, 0.2) is 35.3 Å². The van der Waals surface area contributed by atoms with Gasteiger partial charge in [-0.15, -0.1) is 0 Å². The molecule has 20 heavy (non-hydrogen) atoms. The Morgan fingerprint density at radius 3 is 3.15 bits per heavy atom. The van der Waals surface area contributed by atoms with Gasteiger partial charge in [0.25, 0.3) is 5.91 Å². The van der Waals surface area contributed by atoms with Crippen LogP contribution < -0.4 is 10.1 Å². The topological polar surface area (TPSA) is 77.2 Å². The molecule has 0 fully saturated rings. The summed E-state index contributed by atoms with van der Waals surface area (Å²) in [7, 11) is 0. The lowest BCUT2D eigenvalue weighted by Gasteiger charge is -2.06. The zero-order chi connectivity index (χ0) is 14.2. The second kappa shape index (κ2) is 7.28. The summed E-state index contributed by atoms with van der Waals surface area (Å²) in [6.07, 6.45) is 5.99. The van der Waals surface area contributed by atoms with Crippen molar-refractivity contribution in [3.05, 3.63) is 42.4 Å². The van der Waals surface area contributed by atoms with Crippen molar-refractivity contribution in [1.29, 1.82) is 0 Å². The number of rotatable bonds is 7. The third-order valence-electron chi connectivity index (χ3n) is 2.69. The van der Waals surface area contributed by atoms with E-state index in [1.54, 1.807) is 12.4 Å². The number of carbonyl (C=O) groups excluding carboxylic acids is 1. The van der Waals surface area contributed by atoms with Gasteiger partial charge in [-0.3, -0.25) is 9.78 Å². The van der Waals surface area contributed by atoms with Gasteiger partial charge in [-0.1, -0.05) is 6.92 Å². The molecule has 6 nitrogen and oxygen atoms in total. The number of ether oxygens (including phenoxy) is 1. The molecule has 2 heterocycles. The summed E-state index contributed by atoms with van der Waals surface area (Å²) in [5.41, 5.74) is 0.362. The molecule has 106 valence electrons. The molecule has 2 aromatic rings. The molecule has 0 radical (unpaired) electrons. The number of oxazole rings is 1. The van der Waals surface area contributed by atoms with Crippen LogP contribution in [0.4, 0.5) is 0 Å². The van der Waals surface area contributed by atoms with Crippen LogP contribution in [0.5, 0.6) is 5.75 Å². The largest absolute Gasteiger partial charge is 0.492 e. The van der Waals surface area contributed by atoms with E-state index in [9.17, 15) is 4.79 Å². The Labute approximate surface area is 117 Å². The lowest BCUT2D eigenvalue weighted by molar-refractivity contribution is 0.0945. The summed E-state index contributed by atoms with van der Waals surface area (Å²) < 4.78 is 10.6. The van der Waals surface area contributed by atoms with Crippen molar-refractivity contribution in [2.45, 2.75) is 19.8 Å². The number of pyridine rings is 1. The Morgan fingerprint density at radius 1 is 1.50 bits per heavy atom. The highest BCUT2D eigenvalue weighted by molar-refractivity contribution is 5.93. The summed E-state index contributed by atoms with van der Waals surface area (Å²) in [5, 5.41) is 2.79. The number of hydrogen-bond donors (Lipinski definition) is 1. The molecule has 0 atom stereocenters. The molecule has 0 spiro atoms. The lowest BCUT2D eigenvalue weighted by Crippen LogP contribution is -2.26. The highest BCUT2D eigenvalue weighted by atomic mass is 16.5. The Bertz CT molecular complexity index is 540. The zero-order valence-electron chi connectivity index (χ0n) is 11.3. The van der Waals surface area contributed by atoms with Crippen LogP contribution in [0, 0.1) is 0 Å². The number of carbonyl (C=O) groups is 1. The molecule has 1 N–H and O–H groups in total. The first-order valence-corrected chi connectivity index (χ1v) is 6.54. The standard InChI is InChI=1S/C14H17N3O3/c1-2-12-13(17-10-20-12)14(18)16-7-4-8-19-11-5-3-6-15-9-11/h3,5-6,9-10H,2,4,7-8H2,1H3,(H,16,18). The van der Waals surface area contributed by atoms with Crippen molar-refractivity contribution >= 4 is 5.91 Å². The van der Waals surface area contributed by atoms with Gasteiger partial charge >= 0.3 is 0 Å². The van der Waals surface area contributed by atoms with E-state index in [0.29, 0.717) is 37.4 Å². The molecule has 0 bridgehead atoms. The van der Waals surface area contributed by atoms with Crippen molar-refractivity contribution < 1.29 is 13.9 Å². The molecule has 0 saturated carbocycles. The molecule has 0 aliphatic carbocycles. The molecule has 0 aliphatic rings. The average Bonchev–Trinajstić information content (AvgIpc) is 2.96. The van der Waals surface area contributed by atoms with E-state index >= 15 is 0 Å². The van der Waals surface area contributed by atoms with Crippen molar-refractivity contribution in [2.75, 3.05) is 13.2 Å². The molecule has 2 rings (SSSR count). The molecule has 2 aromatic heterocycles. The van der Waals surface area contributed by atoms with E-state index < -0.39 is 0 Å². The molecule has 0 aliphatic heterocycles. The quantitative estimate of drug-likeness (QED) is 0.780. The third kappa shape index (κ3) is 3.81. The molecule has 1 amide bonds. The second-order valence-corrected chi connectivity index (χ2v) is 4.12. The van der Waals surface area contributed by atoms with Crippen molar-refractivity contribution in [2.24, 2.45) is 0 Å². The smallest absolute Gasteiger partial charge is 0.273 e. The van der Waals surface area contributed by atoms with Crippen LogP contribution in [-0.2, 0) is 6.42 Å². The van der Waals surface area contributed by atoms with E-state index in [-0.39, 0.29) is 5.91 Å². The van der Waals surface area contributed by atoms with Crippen LogP contribution in [-0.4, -0.2) is 29.0 Å². The van der Waals surface area contributed by atoms with E-state index in [0.717, 1.165) is 5.75 Å². The number of amides is 1. The van der Waals surface area contributed by atoms with Gasteiger partial charge in [-0.2, -0.15) is 0 Å². The van der Waals surface area contributed by atoms with Gasteiger partial charge < -0.3 is 14.5 Å². The number of aryl methyl sites for hydroxylation is 1. The van der Waals surface area contributed by atoms with Crippen LogP contribution in [0.1, 0.15) is 29.6 Å². The average molecular weight is 275 g/mol. The van der Waals surface area contributed by atoms with E-state index in [4.69, 9.17) is 9.15 Å². The Morgan fingerprint density at radius 2 is 2.40 bits per heavy atom. The summed E-state index contributed by atoms with van der Waals surface area (Å²) in [4.78, 5) is 19.7. The first kappa shape index (κ1) is 14.0. The summed E-state index contributed by atoms with van der Waals surface area (Å²) >= 11 is 0. The molecule has 0 saturated heterocycles. The minimum absolute atomic E-state index is 0.211. The van der Waals surface area contributed by atoms with Gasteiger partial charge in [0, 0.05) is 19.2 Å². The van der Waals surface area contributed by atoms with E-state index in [1.165, 1.54) is 6.39 Å². The second-order valence-electron chi connectivity index (χ2n) is 4.12. The third-order valence-corrected chi connectivity index (χ3v) is 2.69. The highest BCUT2D eigenvalue weighted by Crippen LogP contribution is 2.07. The molecular formula is C14H17N3O3. The normalized spacial score (nSPS) is 10.2. The fraction of sp³-hybridized carbons (Fsp3) is 0.357. The minimum Gasteiger partial charge on any atom is -0.492 e. The number of nitrogens with zero attached hydrogens (tertiary/aromatic N) is 2. The number of aromatic nitrogens is 2. The Hall–Kier alpha value is -2.37. The molecule has 0 aromatic carbocycles. The van der Waals surface area contributed by atoms with Crippen LogP contribution >= 0.6 is 0 Å². The highest BCUT2D eigenvalue weighted by Gasteiger charge is 2.14. The van der Waals surface area contributed by atoms with Gasteiger partial charge in [-0.05, 0) is 18.6 Å². The summed E-state index contributed by atoms with van der Waals surface area (Å²) in [6.45, 7) is 2.96. The monoisotopic (exact) mass is 275 g/mol. The van der Waals surface area contributed by atoms with Gasteiger partial charge in [0.2, 0.25) is 0 Å². The lowest BCUT2D eigenvalue weighted by atomic mass is 10.2. The van der Waals surface area contributed by atoms with E-state index in [2.05, 4.69) is 15.3 Å². The molecule has 0 unspecified atom stereocenters. The Kier molecular flexibility index (Phi) is 5.11. The molecule has 6 heteroatoms. The fourth-order valence-corrected chi connectivity index (χ4v) is 1.69. The van der Waals surface area contributed by atoms with Crippen molar-refractivity contribution in [1.82, 2.24) is 15.3 Å². The van der Waals surface area contributed by atoms with Crippen molar-refractivity contribution in [3.8, 4) is 5.75 Å². The minimum atomic E-state index is -0.211. The van der Waals surface area contributed by atoms with Gasteiger partial charge in [0.1, 0.15) is 11.5 Å². The fourth-order valence-electron chi connectivity index (χ4n) is 1.69. The maximum atomic E-state index is 11.8. The molecular weight excluding hydrogens is 258 g/mol. The maximum absolute atomic E-state index is 11.8. The maximum Gasteiger partial charge on any atom is 0.273 e. The van der Waals surface area contributed by atoms with Crippen LogP contribution in [0.25, 0.3) is 0 Å². The van der Waals surface area contributed by atoms with Crippen LogP contribution in [0.2, 0.25) is 0 Å². The van der Waals surface area contributed by atoms with Crippen LogP contribution in [0.3, 0.4) is 0 Å². The number of nitrogens with one attached hydrogen (secondary N) is 1. The van der Waals surface area contributed by atoms with Gasteiger partial charge in [-0.25, -0.2) is 4.98 Å². The van der Waals surface area contributed by atoms with Gasteiger partial charge in [0.15, 0.2) is 12.1 Å². The first-order valence-electron chi connectivity index (χ1n) is 6.54. The van der Waals surface area contributed by atoms with Crippen molar-refractivity contribution in [3.63, 3.8) is 0 Å². The zero-order valence-corrected chi connectivity index (χ0v) is 11.3. The first-order chi connectivity index (χ1) is 9.81. The van der Waals surface area contributed by atoms with E-state index in [1.807, 2.05) is 19.1 Å².